The van der Waals surface area contributed by atoms with Crippen LogP contribution < -0.4 is 15.1 Å². The first-order valence-electron chi connectivity index (χ1n) is 10.1. The molecule has 2 aliphatic heterocycles. The predicted molar refractivity (Wildman–Crippen MR) is 113 cm³/mol. The first-order chi connectivity index (χ1) is 14.8. The van der Waals surface area contributed by atoms with E-state index < -0.39 is 0 Å². The van der Waals surface area contributed by atoms with Crippen LogP contribution in [-0.2, 0) is 9.47 Å². The highest BCUT2D eigenvalue weighted by Gasteiger charge is 2.20. The summed E-state index contributed by atoms with van der Waals surface area (Å²) in [6.07, 6.45) is 1.74. The summed E-state index contributed by atoms with van der Waals surface area (Å²) in [5.74, 6) is 1.88. The molecular weight excluding hydrogens is 384 g/mol. The summed E-state index contributed by atoms with van der Waals surface area (Å²) in [5.41, 5.74) is 2.95. The SMILES string of the molecule is c1cc(-c2ccc(Nc3nc(N4CCOCC4)nc(N4CCOCC4)n3)cc2)[nH]n1. The predicted octanol–water partition coefficient (Wildman–Crippen LogP) is 1.68. The molecule has 2 N–H and O–H groups in total. The van der Waals surface area contributed by atoms with Crippen LogP contribution in [0.3, 0.4) is 0 Å². The van der Waals surface area contributed by atoms with Crippen molar-refractivity contribution in [2.75, 3.05) is 67.7 Å². The second-order valence-electron chi connectivity index (χ2n) is 7.13. The maximum absolute atomic E-state index is 5.47. The van der Waals surface area contributed by atoms with Gasteiger partial charge < -0.3 is 24.6 Å². The number of aromatic amines is 1. The molecule has 0 spiro atoms. The summed E-state index contributed by atoms with van der Waals surface area (Å²) in [6.45, 7) is 5.78. The molecule has 1 aromatic carbocycles. The van der Waals surface area contributed by atoms with Crippen LogP contribution in [-0.4, -0.2) is 77.8 Å². The van der Waals surface area contributed by atoms with E-state index >= 15 is 0 Å². The standard InChI is InChI=1S/C20H24N8O2/c1-3-16(4-2-15(1)17-5-6-21-26-17)22-18-23-19(27-7-11-29-12-8-27)25-20(24-18)28-9-13-30-14-10-28/h1-6H,7-14H2,(H,21,26)(H,22,23,24,25). The maximum atomic E-state index is 5.47. The molecule has 0 bridgehead atoms. The van der Waals surface area contributed by atoms with Crippen molar-refractivity contribution >= 4 is 23.5 Å². The molecule has 0 amide bonds. The van der Waals surface area contributed by atoms with Crippen LogP contribution in [0.4, 0.5) is 23.5 Å². The Balaban J connectivity index is 1.41. The number of H-pyrrole nitrogens is 1. The fourth-order valence-electron chi connectivity index (χ4n) is 3.50. The molecular formula is C20H24N8O2. The Kier molecular flexibility index (Phi) is 5.40. The van der Waals surface area contributed by atoms with E-state index in [-0.39, 0.29) is 0 Å². The molecule has 2 saturated heterocycles. The number of nitrogens with zero attached hydrogens (tertiary/aromatic N) is 6. The van der Waals surface area contributed by atoms with Crippen LogP contribution in [0.15, 0.2) is 36.5 Å². The molecule has 2 fully saturated rings. The van der Waals surface area contributed by atoms with E-state index in [4.69, 9.17) is 14.5 Å². The minimum Gasteiger partial charge on any atom is -0.378 e. The zero-order valence-electron chi connectivity index (χ0n) is 16.6. The lowest BCUT2D eigenvalue weighted by molar-refractivity contribution is 0.121. The third kappa shape index (κ3) is 4.19. The van der Waals surface area contributed by atoms with Gasteiger partial charge >= 0.3 is 0 Å². The number of morpholine rings is 2. The van der Waals surface area contributed by atoms with Crippen molar-refractivity contribution in [1.82, 2.24) is 25.1 Å². The molecule has 156 valence electrons. The minimum atomic E-state index is 0.530. The van der Waals surface area contributed by atoms with Gasteiger partial charge in [-0.15, -0.1) is 0 Å². The largest absolute Gasteiger partial charge is 0.378 e. The van der Waals surface area contributed by atoms with Gasteiger partial charge in [-0.1, -0.05) is 12.1 Å². The molecule has 2 aromatic heterocycles. The number of aromatic nitrogens is 5. The van der Waals surface area contributed by atoms with Gasteiger partial charge in [-0.05, 0) is 23.8 Å². The smallest absolute Gasteiger partial charge is 0.233 e. The fraction of sp³-hybridized carbons (Fsp3) is 0.400. The van der Waals surface area contributed by atoms with Crippen molar-refractivity contribution in [2.24, 2.45) is 0 Å². The second-order valence-corrected chi connectivity index (χ2v) is 7.13. The summed E-state index contributed by atoms with van der Waals surface area (Å²) in [6, 6.07) is 10.0. The highest BCUT2D eigenvalue weighted by Crippen LogP contribution is 2.23. The number of ether oxygens (including phenoxy) is 2. The molecule has 30 heavy (non-hydrogen) atoms. The molecule has 0 unspecified atom stereocenters. The van der Waals surface area contributed by atoms with Crippen LogP contribution in [0.2, 0.25) is 0 Å². The molecule has 2 aliphatic rings. The Morgan fingerprint density at radius 2 is 1.37 bits per heavy atom. The molecule has 5 rings (SSSR count). The first-order valence-corrected chi connectivity index (χ1v) is 10.1. The highest BCUT2D eigenvalue weighted by molar-refractivity contribution is 5.64. The van der Waals surface area contributed by atoms with Crippen LogP contribution >= 0.6 is 0 Å². The normalized spacial score (nSPS) is 17.2. The molecule has 0 saturated carbocycles. The van der Waals surface area contributed by atoms with Crippen molar-refractivity contribution in [3.05, 3.63) is 36.5 Å². The van der Waals surface area contributed by atoms with E-state index in [1.165, 1.54) is 0 Å². The first kappa shape index (κ1) is 18.8. The van der Waals surface area contributed by atoms with E-state index in [1.54, 1.807) is 6.20 Å². The lowest BCUT2D eigenvalue weighted by Crippen LogP contribution is -2.40. The average molecular weight is 408 g/mol. The lowest BCUT2D eigenvalue weighted by atomic mass is 10.1. The Labute approximate surface area is 174 Å². The summed E-state index contributed by atoms with van der Waals surface area (Å²) in [5, 5.41) is 10.3. The van der Waals surface area contributed by atoms with Gasteiger partial charge in [0.25, 0.3) is 0 Å². The number of rotatable bonds is 5. The molecule has 10 nitrogen and oxygen atoms in total. The van der Waals surface area contributed by atoms with Gasteiger partial charge in [0.2, 0.25) is 17.8 Å². The van der Waals surface area contributed by atoms with Gasteiger partial charge in [0, 0.05) is 38.1 Å². The van der Waals surface area contributed by atoms with Gasteiger partial charge in [0.1, 0.15) is 0 Å². The average Bonchev–Trinajstić information content (AvgIpc) is 3.36. The zero-order valence-corrected chi connectivity index (χ0v) is 16.6. The summed E-state index contributed by atoms with van der Waals surface area (Å²) in [4.78, 5) is 18.4. The van der Waals surface area contributed by atoms with Crippen molar-refractivity contribution in [1.29, 1.82) is 0 Å². The summed E-state index contributed by atoms with van der Waals surface area (Å²) >= 11 is 0. The van der Waals surface area contributed by atoms with Gasteiger partial charge in [-0.2, -0.15) is 20.1 Å². The van der Waals surface area contributed by atoms with Crippen molar-refractivity contribution in [3.8, 4) is 11.3 Å². The Hall–Kier alpha value is -3.24. The summed E-state index contributed by atoms with van der Waals surface area (Å²) < 4.78 is 10.9. The Morgan fingerprint density at radius 3 is 1.90 bits per heavy atom. The van der Waals surface area contributed by atoms with Crippen molar-refractivity contribution in [2.45, 2.75) is 0 Å². The van der Waals surface area contributed by atoms with Crippen LogP contribution in [0.5, 0.6) is 0 Å². The number of nitrogens with one attached hydrogen (secondary N) is 2. The zero-order chi connectivity index (χ0) is 20.2. The van der Waals surface area contributed by atoms with E-state index in [0.717, 1.165) is 43.1 Å². The third-order valence-electron chi connectivity index (χ3n) is 5.15. The van der Waals surface area contributed by atoms with E-state index in [0.29, 0.717) is 44.3 Å². The molecule has 4 heterocycles. The minimum absolute atomic E-state index is 0.530. The van der Waals surface area contributed by atoms with Crippen LogP contribution in [0, 0.1) is 0 Å². The fourth-order valence-corrected chi connectivity index (χ4v) is 3.50. The molecule has 0 atom stereocenters. The highest BCUT2D eigenvalue weighted by atomic mass is 16.5. The van der Waals surface area contributed by atoms with Gasteiger partial charge in [0.05, 0.1) is 32.1 Å². The Bertz CT molecular complexity index is 915. The topological polar surface area (TPSA) is 104 Å². The molecule has 10 heteroatoms. The number of anilines is 4. The quantitative estimate of drug-likeness (QED) is 0.652. The summed E-state index contributed by atoms with van der Waals surface area (Å²) in [7, 11) is 0. The molecule has 0 aliphatic carbocycles. The molecule has 0 radical (unpaired) electrons. The number of hydrogen-bond acceptors (Lipinski definition) is 9. The van der Waals surface area contributed by atoms with E-state index in [9.17, 15) is 0 Å². The number of hydrogen-bond donors (Lipinski definition) is 2. The molecule has 3 aromatic rings. The monoisotopic (exact) mass is 408 g/mol. The second kappa shape index (κ2) is 8.64. The number of benzene rings is 1. The lowest BCUT2D eigenvalue weighted by Gasteiger charge is -2.30. The van der Waals surface area contributed by atoms with Crippen molar-refractivity contribution < 1.29 is 9.47 Å². The van der Waals surface area contributed by atoms with Gasteiger partial charge in [0.15, 0.2) is 0 Å². The van der Waals surface area contributed by atoms with Crippen molar-refractivity contribution in [3.63, 3.8) is 0 Å². The van der Waals surface area contributed by atoms with Crippen LogP contribution in [0.25, 0.3) is 11.3 Å². The van der Waals surface area contributed by atoms with Gasteiger partial charge in [-0.25, -0.2) is 0 Å². The van der Waals surface area contributed by atoms with E-state index in [1.807, 2.05) is 30.3 Å². The van der Waals surface area contributed by atoms with E-state index in [2.05, 4.69) is 35.3 Å². The Morgan fingerprint density at radius 1 is 0.767 bits per heavy atom. The maximum Gasteiger partial charge on any atom is 0.233 e. The van der Waals surface area contributed by atoms with Crippen LogP contribution in [0.1, 0.15) is 0 Å². The third-order valence-corrected chi connectivity index (χ3v) is 5.15. The van der Waals surface area contributed by atoms with Gasteiger partial charge in [-0.3, -0.25) is 5.10 Å².